The number of rotatable bonds is 4. The molecule has 2 aliphatic rings. The number of nitrogens with zero attached hydrogens (tertiary/aromatic N) is 2. The van der Waals surface area contributed by atoms with E-state index in [1.807, 2.05) is 6.92 Å². The van der Waals surface area contributed by atoms with Crippen LogP contribution in [-0.4, -0.2) is 41.0 Å². The van der Waals surface area contributed by atoms with E-state index in [1.54, 1.807) is 0 Å². The van der Waals surface area contributed by atoms with Crippen LogP contribution in [0.15, 0.2) is 10.8 Å². The fraction of sp³-hybridized carbons (Fsp3) is 0.778. The summed E-state index contributed by atoms with van der Waals surface area (Å²) in [4.78, 5) is 19.1. The first-order valence-electron chi connectivity index (χ1n) is 9.25. The summed E-state index contributed by atoms with van der Waals surface area (Å²) in [5, 5.41) is 3.18. The largest absolute Gasteiger partial charge is 0.448 e. The van der Waals surface area contributed by atoms with E-state index in [1.165, 1.54) is 57.9 Å². The molecule has 1 N–H and O–H groups in total. The third-order valence-corrected chi connectivity index (χ3v) is 5.31. The Bertz CT molecular complexity index is 506. The standard InChI is InChI=1S/C18H29N3O2/c1-2-16-17(19-13-23-16)18(22)20-14-8-7-11-21(12-14)15-9-5-3-4-6-10-15/h13-15H,2-12H2,1H3,(H,20,22)/t14-/m1/s1. The van der Waals surface area contributed by atoms with Crippen molar-refractivity contribution >= 4 is 5.91 Å². The topological polar surface area (TPSA) is 58.4 Å². The highest BCUT2D eigenvalue weighted by molar-refractivity contribution is 5.93. The number of carbonyl (C=O) groups is 1. The van der Waals surface area contributed by atoms with Gasteiger partial charge < -0.3 is 9.73 Å². The lowest BCUT2D eigenvalue weighted by molar-refractivity contribution is 0.0854. The maximum absolute atomic E-state index is 12.4. The number of piperidine rings is 1. The van der Waals surface area contributed by atoms with E-state index >= 15 is 0 Å². The molecular formula is C18H29N3O2. The summed E-state index contributed by atoms with van der Waals surface area (Å²) >= 11 is 0. The van der Waals surface area contributed by atoms with Crippen LogP contribution in [0.4, 0.5) is 0 Å². The van der Waals surface area contributed by atoms with Crippen LogP contribution in [-0.2, 0) is 6.42 Å². The number of amides is 1. The predicted octanol–water partition coefficient (Wildman–Crippen LogP) is 3.15. The van der Waals surface area contributed by atoms with Crippen LogP contribution < -0.4 is 5.32 Å². The number of aryl methyl sites for hydroxylation is 1. The first kappa shape index (κ1) is 16.5. The fourth-order valence-electron chi connectivity index (χ4n) is 4.04. The average Bonchev–Trinajstić information content (AvgIpc) is 2.89. The minimum absolute atomic E-state index is 0.0803. The molecule has 0 aromatic carbocycles. The zero-order valence-corrected chi connectivity index (χ0v) is 14.2. The van der Waals surface area contributed by atoms with Gasteiger partial charge in [-0.25, -0.2) is 4.98 Å². The van der Waals surface area contributed by atoms with Gasteiger partial charge in [0.2, 0.25) is 0 Å². The maximum atomic E-state index is 12.4. The second-order valence-electron chi connectivity index (χ2n) is 6.93. The summed E-state index contributed by atoms with van der Waals surface area (Å²) in [6.07, 6.45) is 12.4. The minimum atomic E-state index is -0.0803. The van der Waals surface area contributed by atoms with E-state index in [0.717, 1.165) is 19.0 Å². The monoisotopic (exact) mass is 319 g/mol. The molecule has 0 spiro atoms. The number of carbonyl (C=O) groups excluding carboxylic acids is 1. The van der Waals surface area contributed by atoms with Crippen molar-refractivity contribution in [3.05, 3.63) is 17.8 Å². The van der Waals surface area contributed by atoms with Gasteiger partial charge in [0.1, 0.15) is 5.76 Å². The Hall–Kier alpha value is -1.36. The molecule has 2 heterocycles. The van der Waals surface area contributed by atoms with Crippen molar-refractivity contribution in [2.24, 2.45) is 0 Å². The van der Waals surface area contributed by atoms with Crippen LogP contribution in [0.25, 0.3) is 0 Å². The SMILES string of the molecule is CCc1ocnc1C(=O)N[C@@H]1CCCN(C2CCCCCC2)C1. The van der Waals surface area contributed by atoms with Gasteiger partial charge >= 0.3 is 0 Å². The van der Waals surface area contributed by atoms with Crippen molar-refractivity contribution in [3.8, 4) is 0 Å². The lowest BCUT2D eigenvalue weighted by atomic mass is 9.99. The predicted molar refractivity (Wildman–Crippen MR) is 89.4 cm³/mol. The molecule has 1 aromatic rings. The van der Waals surface area contributed by atoms with E-state index in [9.17, 15) is 4.79 Å². The van der Waals surface area contributed by atoms with Crippen LogP contribution in [0, 0.1) is 0 Å². The van der Waals surface area contributed by atoms with E-state index < -0.39 is 0 Å². The van der Waals surface area contributed by atoms with Crippen molar-refractivity contribution in [1.82, 2.24) is 15.2 Å². The Morgan fingerprint density at radius 2 is 2.04 bits per heavy atom. The lowest BCUT2D eigenvalue weighted by Gasteiger charge is -2.38. The van der Waals surface area contributed by atoms with Gasteiger partial charge in [-0.3, -0.25) is 9.69 Å². The number of hydrogen-bond donors (Lipinski definition) is 1. The Kier molecular flexibility index (Phi) is 5.70. The molecule has 1 aliphatic carbocycles. The Labute approximate surface area is 138 Å². The van der Waals surface area contributed by atoms with Gasteiger partial charge in [-0.15, -0.1) is 0 Å². The van der Waals surface area contributed by atoms with Crippen molar-refractivity contribution in [2.75, 3.05) is 13.1 Å². The molecule has 0 bridgehead atoms. The van der Waals surface area contributed by atoms with Gasteiger partial charge in [0, 0.05) is 25.0 Å². The second-order valence-corrected chi connectivity index (χ2v) is 6.93. The molecular weight excluding hydrogens is 290 g/mol. The van der Waals surface area contributed by atoms with E-state index in [-0.39, 0.29) is 11.9 Å². The van der Waals surface area contributed by atoms with Gasteiger partial charge in [0.15, 0.2) is 12.1 Å². The molecule has 1 atom stereocenters. The summed E-state index contributed by atoms with van der Waals surface area (Å²) in [5.74, 6) is 0.599. The van der Waals surface area contributed by atoms with Crippen LogP contribution in [0.1, 0.15) is 74.5 Å². The molecule has 2 fully saturated rings. The third kappa shape index (κ3) is 4.14. The summed E-state index contributed by atoms with van der Waals surface area (Å²) in [6.45, 7) is 4.14. The van der Waals surface area contributed by atoms with E-state index in [2.05, 4.69) is 15.2 Å². The van der Waals surface area contributed by atoms with Crippen LogP contribution in [0.3, 0.4) is 0 Å². The smallest absolute Gasteiger partial charge is 0.273 e. The zero-order valence-electron chi connectivity index (χ0n) is 14.2. The van der Waals surface area contributed by atoms with Gasteiger partial charge in [0.25, 0.3) is 5.91 Å². The highest BCUT2D eigenvalue weighted by atomic mass is 16.3. The first-order valence-corrected chi connectivity index (χ1v) is 9.25. The van der Waals surface area contributed by atoms with Crippen molar-refractivity contribution in [3.63, 3.8) is 0 Å². The number of aromatic nitrogens is 1. The van der Waals surface area contributed by atoms with Crippen molar-refractivity contribution in [1.29, 1.82) is 0 Å². The number of hydrogen-bond acceptors (Lipinski definition) is 4. The Morgan fingerprint density at radius 1 is 1.26 bits per heavy atom. The highest BCUT2D eigenvalue weighted by Crippen LogP contribution is 2.24. The molecule has 0 radical (unpaired) electrons. The zero-order chi connectivity index (χ0) is 16.1. The maximum Gasteiger partial charge on any atom is 0.273 e. The first-order chi connectivity index (χ1) is 11.3. The molecule has 128 valence electrons. The summed E-state index contributed by atoms with van der Waals surface area (Å²) in [5.41, 5.74) is 0.457. The van der Waals surface area contributed by atoms with Gasteiger partial charge in [0.05, 0.1) is 0 Å². The second kappa shape index (κ2) is 7.95. The van der Waals surface area contributed by atoms with E-state index in [4.69, 9.17) is 4.42 Å². The number of oxazole rings is 1. The molecule has 0 unspecified atom stereocenters. The normalized spacial score (nSPS) is 24.3. The molecule has 3 rings (SSSR count). The van der Waals surface area contributed by atoms with Crippen LogP contribution in [0.5, 0.6) is 0 Å². The van der Waals surface area contributed by atoms with Gasteiger partial charge in [-0.2, -0.15) is 0 Å². The third-order valence-electron chi connectivity index (χ3n) is 5.31. The Balaban J connectivity index is 1.57. The van der Waals surface area contributed by atoms with Gasteiger partial charge in [-0.1, -0.05) is 32.6 Å². The molecule has 5 heteroatoms. The van der Waals surface area contributed by atoms with Crippen molar-refractivity contribution in [2.45, 2.75) is 76.8 Å². The van der Waals surface area contributed by atoms with Crippen molar-refractivity contribution < 1.29 is 9.21 Å². The average molecular weight is 319 g/mol. The molecule has 1 amide bonds. The number of likely N-dealkylation sites (tertiary alicyclic amines) is 1. The lowest BCUT2D eigenvalue weighted by Crippen LogP contribution is -2.51. The van der Waals surface area contributed by atoms with Crippen LogP contribution >= 0.6 is 0 Å². The molecule has 1 saturated heterocycles. The summed E-state index contributed by atoms with van der Waals surface area (Å²) < 4.78 is 5.27. The highest BCUT2D eigenvalue weighted by Gasteiger charge is 2.28. The molecule has 1 saturated carbocycles. The summed E-state index contributed by atoms with van der Waals surface area (Å²) in [7, 11) is 0. The fourth-order valence-corrected chi connectivity index (χ4v) is 4.04. The minimum Gasteiger partial charge on any atom is -0.448 e. The molecule has 23 heavy (non-hydrogen) atoms. The molecule has 1 aromatic heterocycles. The van der Waals surface area contributed by atoms with E-state index in [0.29, 0.717) is 17.9 Å². The Morgan fingerprint density at radius 3 is 2.78 bits per heavy atom. The summed E-state index contributed by atoms with van der Waals surface area (Å²) in [6, 6.07) is 0.955. The number of nitrogens with one attached hydrogen (secondary N) is 1. The van der Waals surface area contributed by atoms with Gasteiger partial charge in [-0.05, 0) is 32.2 Å². The van der Waals surface area contributed by atoms with Crippen LogP contribution in [0.2, 0.25) is 0 Å². The molecule has 1 aliphatic heterocycles. The molecule has 5 nitrogen and oxygen atoms in total. The quantitative estimate of drug-likeness (QED) is 0.866.